The molecular weight excluding hydrogens is 270 g/mol. The zero-order valence-corrected chi connectivity index (χ0v) is 12.9. The molecule has 2 heterocycles. The maximum atomic E-state index is 11.4. The lowest BCUT2D eigenvalue weighted by Crippen LogP contribution is -2.36. The number of nitrogens with zero attached hydrogens (tertiary/aromatic N) is 4. The molecule has 1 saturated heterocycles. The van der Waals surface area contributed by atoms with E-state index in [0.29, 0.717) is 23.5 Å². The van der Waals surface area contributed by atoms with Crippen LogP contribution in [-0.4, -0.2) is 34.5 Å². The molecule has 1 aliphatic heterocycles. The Labute approximate surface area is 124 Å². The van der Waals surface area contributed by atoms with Crippen molar-refractivity contribution in [3.8, 4) is 0 Å². The maximum Gasteiger partial charge on any atom is 0.332 e. The SMILES string of the molecule is CCC1CCCCCN1c1nc(NC)nc(C)c1[N+](=O)[O-]. The van der Waals surface area contributed by atoms with Crippen LogP contribution in [0.4, 0.5) is 17.5 Å². The van der Waals surface area contributed by atoms with Gasteiger partial charge in [-0.15, -0.1) is 0 Å². The highest BCUT2D eigenvalue weighted by Crippen LogP contribution is 2.34. The van der Waals surface area contributed by atoms with Gasteiger partial charge in [0.05, 0.1) is 4.92 Å². The summed E-state index contributed by atoms with van der Waals surface area (Å²) >= 11 is 0. The summed E-state index contributed by atoms with van der Waals surface area (Å²) in [6.07, 6.45) is 5.42. The Bertz CT molecular complexity index is 520. The van der Waals surface area contributed by atoms with Crippen LogP contribution in [0.5, 0.6) is 0 Å². The number of aryl methyl sites for hydroxylation is 1. The summed E-state index contributed by atoms with van der Waals surface area (Å²) in [5.41, 5.74) is 0.447. The number of hydrogen-bond donors (Lipinski definition) is 1. The lowest BCUT2D eigenvalue weighted by Gasteiger charge is -2.30. The van der Waals surface area contributed by atoms with Crippen molar-refractivity contribution in [2.24, 2.45) is 0 Å². The van der Waals surface area contributed by atoms with Crippen LogP contribution in [0.3, 0.4) is 0 Å². The largest absolute Gasteiger partial charge is 0.357 e. The van der Waals surface area contributed by atoms with Crippen LogP contribution in [0.25, 0.3) is 0 Å². The molecule has 0 spiro atoms. The van der Waals surface area contributed by atoms with Crippen molar-refractivity contribution in [2.75, 3.05) is 23.8 Å². The first-order chi connectivity index (χ1) is 10.1. The number of aromatic nitrogens is 2. The molecule has 1 atom stereocenters. The number of nitro groups is 1. The van der Waals surface area contributed by atoms with E-state index >= 15 is 0 Å². The van der Waals surface area contributed by atoms with Gasteiger partial charge >= 0.3 is 5.69 Å². The first-order valence-electron chi connectivity index (χ1n) is 7.55. The van der Waals surface area contributed by atoms with E-state index in [2.05, 4.69) is 27.1 Å². The summed E-state index contributed by atoms with van der Waals surface area (Å²) in [6.45, 7) is 4.61. The molecule has 0 amide bonds. The van der Waals surface area contributed by atoms with Crippen LogP contribution < -0.4 is 10.2 Å². The van der Waals surface area contributed by atoms with Crippen molar-refractivity contribution in [3.63, 3.8) is 0 Å². The van der Waals surface area contributed by atoms with Gasteiger partial charge in [-0.3, -0.25) is 10.1 Å². The third kappa shape index (κ3) is 3.22. The smallest absolute Gasteiger partial charge is 0.332 e. The van der Waals surface area contributed by atoms with Gasteiger partial charge in [-0.25, -0.2) is 4.98 Å². The summed E-state index contributed by atoms with van der Waals surface area (Å²) in [4.78, 5) is 21.7. The van der Waals surface area contributed by atoms with E-state index in [0.717, 1.165) is 25.8 Å². The van der Waals surface area contributed by atoms with Crippen LogP contribution >= 0.6 is 0 Å². The summed E-state index contributed by atoms with van der Waals surface area (Å²) in [5, 5.41) is 14.3. The van der Waals surface area contributed by atoms with Crippen LogP contribution in [0.15, 0.2) is 0 Å². The monoisotopic (exact) mass is 293 g/mol. The van der Waals surface area contributed by atoms with Gasteiger partial charge in [0.15, 0.2) is 0 Å². The lowest BCUT2D eigenvalue weighted by atomic mass is 10.1. The lowest BCUT2D eigenvalue weighted by molar-refractivity contribution is -0.385. The predicted octanol–water partition coefficient (Wildman–Crippen LogP) is 2.89. The van der Waals surface area contributed by atoms with Gasteiger partial charge in [-0.1, -0.05) is 19.8 Å². The highest BCUT2D eigenvalue weighted by molar-refractivity contribution is 5.63. The summed E-state index contributed by atoms with van der Waals surface area (Å²) in [6, 6.07) is 0.310. The van der Waals surface area contributed by atoms with Crippen molar-refractivity contribution in [3.05, 3.63) is 15.8 Å². The van der Waals surface area contributed by atoms with Gasteiger partial charge in [-0.05, 0) is 26.2 Å². The highest BCUT2D eigenvalue weighted by atomic mass is 16.6. The molecule has 1 aromatic rings. The molecule has 21 heavy (non-hydrogen) atoms. The number of hydrogen-bond acceptors (Lipinski definition) is 6. The molecule has 0 bridgehead atoms. The van der Waals surface area contributed by atoms with Crippen molar-refractivity contribution >= 4 is 17.5 Å². The van der Waals surface area contributed by atoms with E-state index in [1.807, 2.05) is 0 Å². The van der Waals surface area contributed by atoms with Crippen molar-refractivity contribution in [1.82, 2.24) is 9.97 Å². The second-order valence-corrected chi connectivity index (χ2v) is 5.42. The van der Waals surface area contributed by atoms with E-state index < -0.39 is 0 Å². The van der Waals surface area contributed by atoms with Crippen LogP contribution in [0, 0.1) is 17.0 Å². The molecule has 1 fully saturated rings. The molecule has 0 radical (unpaired) electrons. The van der Waals surface area contributed by atoms with Gasteiger partial charge < -0.3 is 10.2 Å². The van der Waals surface area contributed by atoms with Crippen molar-refractivity contribution in [1.29, 1.82) is 0 Å². The molecular formula is C14H23N5O2. The van der Waals surface area contributed by atoms with Crippen molar-refractivity contribution < 1.29 is 4.92 Å². The average Bonchev–Trinajstić information content (AvgIpc) is 2.70. The third-order valence-electron chi connectivity index (χ3n) is 4.07. The minimum atomic E-state index is -0.359. The fourth-order valence-electron chi connectivity index (χ4n) is 2.96. The molecule has 1 unspecified atom stereocenters. The highest BCUT2D eigenvalue weighted by Gasteiger charge is 2.30. The Kier molecular flexibility index (Phi) is 4.93. The van der Waals surface area contributed by atoms with Gasteiger partial charge in [-0.2, -0.15) is 4.98 Å². The molecule has 2 rings (SSSR count). The number of nitrogens with one attached hydrogen (secondary N) is 1. The van der Waals surface area contributed by atoms with Gasteiger partial charge in [0, 0.05) is 19.6 Å². The third-order valence-corrected chi connectivity index (χ3v) is 4.07. The molecule has 7 nitrogen and oxygen atoms in total. The van der Waals surface area contributed by atoms with Crippen LogP contribution in [0.1, 0.15) is 44.7 Å². The topological polar surface area (TPSA) is 84.2 Å². The molecule has 1 N–H and O–H groups in total. The average molecular weight is 293 g/mol. The molecule has 1 aromatic heterocycles. The van der Waals surface area contributed by atoms with Gasteiger partial charge in [0.2, 0.25) is 11.8 Å². The Balaban J connectivity index is 2.52. The maximum absolute atomic E-state index is 11.4. The van der Waals surface area contributed by atoms with E-state index in [1.165, 1.54) is 12.8 Å². The summed E-state index contributed by atoms with van der Waals surface area (Å²) < 4.78 is 0. The quantitative estimate of drug-likeness (QED) is 0.678. The Hall–Kier alpha value is -1.92. The zero-order chi connectivity index (χ0) is 15.4. The predicted molar refractivity (Wildman–Crippen MR) is 82.9 cm³/mol. The minimum Gasteiger partial charge on any atom is -0.357 e. The summed E-state index contributed by atoms with van der Waals surface area (Å²) in [5.74, 6) is 0.901. The van der Waals surface area contributed by atoms with E-state index in [-0.39, 0.29) is 10.6 Å². The molecule has 116 valence electrons. The fourth-order valence-corrected chi connectivity index (χ4v) is 2.96. The van der Waals surface area contributed by atoms with E-state index in [4.69, 9.17) is 0 Å². The first kappa shape index (κ1) is 15.5. The number of anilines is 2. The van der Waals surface area contributed by atoms with Gasteiger partial charge in [0.1, 0.15) is 5.69 Å². The normalized spacial score (nSPS) is 19.2. The second-order valence-electron chi connectivity index (χ2n) is 5.42. The standard InChI is InChI=1S/C14H23N5O2/c1-4-11-8-6-5-7-9-18(11)13-12(19(20)21)10(2)16-14(15-3)17-13/h11H,4-9H2,1-3H3,(H,15,16,17). The Morgan fingerprint density at radius 2 is 2.14 bits per heavy atom. The molecule has 1 aliphatic rings. The molecule has 7 heteroatoms. The Morgan fingerprint density at radius 1 is 1.38 bits per heavy atom. The van der Waals surface area contributed by atoms with E-state index in [9.17, 15) is 10.1 Å². The zero-order valence-electron chi connectivity index (χ0n) is 12.9. The second kappa shape index (κ2) is 6.69. The Morgan fingerprint density at radius 3 is 2.76 bits per heavy atom. The van der Waals surface area contributed by atoms with Crippen LogP contribution in [0.2, 0.25) is 0 Å². The molecule has 0 aromatic carbocycles. The molecule has 0 saturated carbocycles. The van der Waals surface area contributed by atoms with E-state index in [1.54, 1.807) is 14.0 Å². The van der Waals surface area contributed by atoms with Crippen molar-refractivity contribution in [2.45, 2.75) is 52.0 Å². The number of rotatable bonds is 4. The summed E-state index contributed by atoms with van der Waals surface area (Å²) in [7, 11) is 1.73. The minimum absolute atomic E-state index is 0.0364. The van der Waals surface area contributed by atoms with Crippen LogP contribution in [-0.2, 0) is 0 Å². The first-order valence-corrected chi connectivity index (χ1v) is 7.55. The van der Waals surface area contributed by atoms with Gasteiger partial charge in [0.25, 0.3) is 0 Å². The molecule has 0 aliphatic carbocycles. The fraction of sp³-hybridized carbons (Fsp3) is 0.714.